The lowest BCUT2D eigenvalue weighted by Crippen LogP contribution is -2.67. The van der Waals surface area contributed by atoms with Crippen molar-refractivity contribution in [2.24, 2.45) is 0 Å². The predicted molar refractivity (Wildman–Crippen MR) is 113 cm³/mol. The number of nitrogens with one attached hydrogen (secondary N) is 2. The highest BCUT2D eigenvalue weighted by molar-refractivity contribution is 6.34. The maximum atomic E-state index is 14.2. The van der Waals surface area contributed by atoms with Crippen molar-refractivity contribution in [3.05, 3.63) is 66.7 Å². The van der Waals surface area contributed by atoms with Crippen molar-refractivity contribution in [2.45, 2.75) is 23.7 Å². The number of nitrogens with zero attached hydrogens (tertiary/aromatic N) is 2. The SMILES string of the molecule is O=C(Nc1cc([N+](=O)[O-])ccc1Cl)C(F)(F)C(F)(F)C(F)(F)C(F)(F)C(=O)Nc1cc([N+](=O)[O-])ccc1Cl. The average Bonchev–Trinajstić information content (AvgIpc) is 2.80. The number of anilines is 2. The van der Waals surface area contributed by atoms with Crippen LogP contribution in [0.4, 0.5) is 57.9 Å². The van der Waals surface area contributed by atoms with Crippen LogP contribution in [0.3, 0.4) is 0 Å². The number of halogens is 10. The molecule has 2 aromatic rings. The molecule has 0 saturated heterocycles. The number of amides is 2. The van der Waals surface area contributed by atoms with Crippen LogP contribution in [0.15, 0.2) is 36.4 Å². The van der Waals surface area contributed by atoms with E-state index < -0.39 is 78.1 Å². The molecule has 0 unspecified atom stereocenters. The highest BCUT2D eigenvalue weighted by Gasteiger charge is 2.84. The highest BCUT2D eigenvalue weighted by atomic mass is 35.5. The summed E-state index contributed by atoms with van der Waals surface area (Å²) < 4.78 is 114. The second-order valence-corrected chi connectivity index (χ2v) is 7.86. The Bertz CT molecular complexity index is 1230. The van der Waals surface area contributed by atoms with Crippen LogP contribution >= 0.6 is 23.2 Å². The first-order chi connectivity index (χ1) is 17.2. The molecule has 0 aromatic heterocycles. The summed E-state index contributed by atoms with van der Waals surface area (Å²) in [7, 11) is 0. The molecule has 0 heterocycles. The Hall–Kier alpha value is -3.80. The molecule has 0 aliphatic carbocycles. The van der Waals surface area contributed by atoms with Gasteiger partial charge in [0.1, 0.15) is 0 Å². The molecular weight excluding hydrogens is 591 g/mol. The Kier molecular flexibility index (Phi) is 8.14. The van der Waals surface area contributed by atoms with E-state index in [0.717, 1.165) is 10.6 Å². The second kappa shape index (κ2) is 10.2. The molecule has 2 amide bonds. The van der Waals surface area contributed by atoms with Gasteiger partial charge in [-0.05, 0) is 12.1 Å². The standard InChI is InChI=1S/C18H8Cl2F8N4O6/c19-9-3-1-7(31(35)36)5-11(9)29-13(33)15(21,22)17(25,26)18(27,28)16(23,24)14(34)30-12-6-8(32(37)38)2-4-10(12)20/h1-6H,(H,29,33)(H,30,34). The first-order valence-electron chi connectivity index (χ1n) is 9.20. The molecular formula is C18H8Cl2F8N4O6. The summed E-state index contributed by atoms with van der Waals surface area (Å²) >= 11 is 11.0. The van der Waals surface area contributed by atoms with Crippen molar-refractivity contribution in [3.8, 4) is 0 Å². The maximum absolute atomic E-state index is 14.2. The minimum atomic E-state index is -7.29. The molecule has 0 atom stereocenters. The fourth-order valence-electron chi connectivity index (χ4n) is 2.53. The van der Waals surface area contributed by atoms with Crippen LogP contribution in [0, 0.1) is 20.2 Å². The van der Waals surface area contributed by atoms with E-state index >= 15 is 0 Å². The molecule has 2 N–H and O–H groups in total. The molecule has 206 valence electrons. The van der Waals surface area contributed by atoms with Crippen molar-refractivity contribution < 1.29 is 54.6 Å². The van der Waals surface area contributed by atoms with E-state index in [1.807, 2.05) is 0 Å². The van der Waals surface area contributed by atoms with Crippen LogP contribution < -0.4 is 10.6 Å². The number of nitro benzene ring substituents is 2. The van der Waals surface area contributed by atoms with Gasteiger partial charge in [0.15, 0.2) is 0 Å². The van der Waals surface area contributed by atoms with Gasteiger partial charge in [0.2, 0.25) is 0 Å². The summed E-state index contributed by atoms with van der Waals surface area (Å²) in [6.07, 6.45) is 0. The average molecular weight is 599 g/mol. The van der Waals surface area contributed by atoms with Gasteiger partial charge in [-0.25, -0.2) is 0 Å². The Morgan fingerprint density at radius 3 is 1.21 bits per heavy atom. The first-order valence-corrected chi connectivity index (χ1v) is 9.96. The van der Waals surface area contributed by atoms with E-state index in [9.17, 15) is 64.9 Å². The zero-order valence-corrected chi connectivity index (χ0v) is 19.1. The van der Waals surface area contributed by atoms with Crippen LogP contribution in [-0.2, 0) is 9.59 Å². The molecule has 0 aliphatic rings. The number of carbonyl (C=O) groups is 2. The largest absolute Gasteiger partial charge is 0.393 e. The van der Waals surface area contributed by atoms with E-state index in [4.69, 9.17) is 23.2 Å². The third-order valence-corrected chi connectivity index (χ3v) is 5.23. The van der Waals surface area contributed by atoms with Gasteiger partial charge in [0.25, 0.3) is 11.4 Å². The molecule has 0 bridgehead atoms. The highest BCUT2D eigenvalue weighted by Crippen LogP contribution is 2.53. The van der Waals surface area contributed by atoms with E-state index in [-0.39, 0.29) is 12.1 Å². The summed E-state index contributed by atoms with van der Waals surface area (Å²) in [5.41, 5.74) is -4.13. The van der Waals surface area contributed by atoms with E-state index in [2.05, 4.69) is 0 Å². The van der Waals surface area contributed by atoms with E-state index in [1.165, 1.54) is 0 Å². The van der Waals surface area contributed by atoms with Gasteiger partial charge in [-0.3, -0.25) is 29.8 Å². The molecule has 38 heavy (non-hydrogen) atoms. The van der Waals surface area contributed by atoms with Gasteiger partial charge in [0, 0.05) is 24.3 Å². The second-order valence-electron chi connectivity index (χ2n) is 7.05. The number of hydrogen-bond acceptors (Lipinski definition) is 6. The molecule has 2 aromatic carbocycles. The minimum Gasteiger partial charge on any atom is -0.319 e. The summed E-state index contributed by atoms with van der Waals surface area (Å²) in [6.45, 7) is 0. The maximum Gasteiger partial charge on any atom is 0.393 e. The first kappa shape index (κ1) is 30.4. The fraction of sp³-hybridized carbons (Fsp3) is 0.222. The number of rotatable bonds is 9. The van der Waals surface area contributed by atoms with Gasteiger partial charge < -0.3 is 10.6 Å². The van der Waals surface area contributed by atoms with Crippen LogP contribution in [0.1, 0.15) is 0 Å². The fourth-order valence-corrected chi connectivity index (χ4v) is 2.86. The third-order valence-electron chi connectivity index (χ3n) is 4.57. The van der Waals surface area contributed by atoms with Crippen molar-refractivity contribution in [2.75, 3.05) is 10.6 Å². The topological polar surface area (TPSA) is 144 Å². The number of hydrogen-bond donors (Lipinski definition) is 2. The zero-order chi connectivity index (χ0) is 29.4. The Balaban J connectivity index is 2.41. The Labute approximate surface area is 213 Å². The molecule has 0 saturated carbocycles. The van der Waals surface area contributed by atoms with Gasteiger partial charge >= 0.3 is 35.5 Å². The zero-order valence-electron chi connectivity index (χ0n) is 17.6. The number of alkyl halides is 8. The van der Waals surface area contributed by atoms with Crippen molar-refractivity contribution in [3.63, 3.8) is 0 Å². The monoisotopic (exact) mass is 598 g/mol. The summed E-state index contributed by atoms with van der Waals surface area (Å²) in [4.78, 5) is 42.7. The lowest BCUT2D eigenvalue weighted by molar-refractivity contribution is -0.385. The number of non-ortho nitro benzene ring substituents is 2. The number of benzene rings is 2. The molecule has 0 fully saturated rings. The van der Waals surface area contributed by atoms with Crippen molar-refractivity contribution in [1.82, 2.24) is 0 Å². The molecule has 10 nitrogen and oxygen atoms in total. The van der Waals surface area contributed by atoms with Gasteiger partial charge in [-0.15, -0.1) is 0 Å². The Morgan fingerprint density at radius 2 is 0.947 bits per heavy atom. The third kappa shape index (κ3) is 5.26. The summed E-state index contributed by atoms with van der Waals surface area (Å²) in [5, 5.41) is 21.7. The van der Waals surface area contributed by atoms with Crippen LogP contribution in [0.2, 0.25) is 10.0 Å². The van der Waals surface area contributed by atoms with Gasteiger partial charge in [0.05, 0.1) is 31.3 Å². The minimum absolute atomic E-state index is 0.275. The number of carbonyl (C=O) groups excluding carboxylic acids is 2. The van der Waals surface area contributed by atoms with Crippen LogP contribution in [0.5, 0.6) is 0 Å². The lowest BCUT2D eigenvalue weighted by Gasteiger charge is -2.35. The van der Waals surface area contributed by atoms with Crippen LogP contribution in [-0.4, -0.2) is 45.4 Å². The van der Waals surface area contributed by atoms with Gasteiger partial charge in [-0.1, -0.05) is 23.2 Å². The number of nitro groups is 2. The van der Waals surface area contributed by atoms with Crippen molar-refractivity contribution >= 4 is 57.8 Å². The molecule has 0 radical (unpaired) electrons. The lowest BCUT2D eigenvalue weighted by atomic mass is 9.97. The smallest absolute Gasteiger partial charge is 0.319 e. The summed E-state index contributed by atoms with van der Waals surface area (Å²) in [6, 6.07) is 3.20. The summed E-state index contributed by atoms with van der Waals surface area (Å²) in [5.74, 6) is -34.6. The van der Waals surface area contributed by atoms with E-state index in [1.54, 1.807) is 0 Å². The van der Waals surface area contributed by atoms with Crippen molar-refractivity contribution in [1.29, 1.82) is 0 Å². The van der Waals surface area contributed by atoms with E-state index in [0.29, 0.717) is 24.3 Å². The van der Waals surface area contributed by atoms with Crippen LogP contribution in [0.25, 0.3) is 0 Å². The molecule has 2 rings (SSSR count). The molecule has 20 heteroatoms. The normalized spacial score (nSPS) is 12.6. The Morgan fingerprint density at radius 1 is 0.658 bits per heavy atom. The van der Waals surface area contributed by atoms with Gasteiger partial charge in [-0.2, -0.15) is 35.1 Å². The molecule has 0 aliphatic heterocycles. The predicted octanol–water partition coefficient (Wildman–Crippen LogP) is 5.93. The quantitative estimate of drug-likeness (QED) is 0.208. The molecule has 0 spiro atoms.